The van der Waals surface area contributed by atoms with Crippen molar-refractivity contribution in [3.05, 3.63) is 222 Å². The third kappa shape index (κ3) is 8.73. The molecule has 0 unspecified atom stereocenters. The van der Waals surface area contributed by atoms with E-state index >= 15 is 0 Å². The molecule has 14 rings (SSSR count). The number of thiophene rings is 1. The zero-order valence-corrected chi connectivity index (χ0v) is 49.0. The summed E-state index contributed by atoms with van der Waals surface area (Å²) in [5.41, 5.74) is 24.8. The third-order valence-electron chi connectivity index (χ3n) is 17.1. The van der Waals surface area contributed by atoms with E-state index < -0.39 is 0 Å². The minimum atomic E-state index is -0.127. The van der Waals surface area contributed by atoms with Crippen molar-refractivity contribution in [2.24, 2.45) is 0 Å². The Morgan fingerprint density at radius 3 is 1.63 bits per heavy atom. The summed E-state index contributed by atoms with van der Waals surface area (Å²) < 4.78 is 16.0. The van der Waals surface area contributed by atoms with Crippen molar-refractivity contribution in [3.8, 4) is 56.0 Å². The maximum atomic E-state index is 6.85. The van der Waals surface area contributed by atoms with Gasteiger partial charge < -0.3 is 19.3 Å². The Kier molecular flexibility index (Phi) is 11.9. The lowest BCUT2D eigenvalue weighted by Gasteiger charge is -2.45. The van der Waals surface area contributed by atoms with Crippen LogP contribution in [-0.2, 0) is 16.2 Å². The van der Waals surface area contributed by atoms with Gasteiger partial charge in [-0.3, -0.25) is 0 Å². The van der Waals surface area contributed by atoms with Crippen molar-refractivity contribution >= 4 is 88.7 Å². The van der Waals surface area contributed by atoms with Crippen molar-refractivity contribution in [2.75, 3.05) is 23.0 Å². The number of anilines is 6. The minimum Gasteiger partial charge on any atom is -0.486 e. The Bertz CT molecular complexity index is 4230. The molecule has 81 heavy (non-hydrogen) atoms. The van der Waals surface area contributed by atoms with Crippen LogP contribution in [0.25, 0.3) is 64.7 Å². The van der Waals surface area contributed by atoms with E-state index in [-0.39, 0.29) is 23.0 Å². The van der Waals surface area contributed by atoms with Crippen LogP contribution in [0.5, 0.6) is 11.5 Å². The van der Waals surface area contributed by atoms with Crippen molar-refractivity contribution in [1.82, 2.24) is 0 Å². The van der Waals surface area contributed by atoms with E-state index in [1.54, 1.807) is 0 Å². The van der Waals surface area contributed by atoms with Crippen molar-refractivity contribution in [2.45, 2.75) is 85.5 Å². The summed E-state index contributed by atoms with van der Waals surface area (Å²) in [6.45, 7) is 23.8. The van der Waals surface area contributed by atoms with Gasteiger partial charge in [0.15, 0.2) is 11.5 Å². The van der Waals surface area contributed by atoms with Crippen LogP contribution in [0.2, 0.25) is 0 Å². The lowest BCUT2D eigenvalue weighted by molar-refractivity contribution is 0.172. The SMILES string of the molecule is Cc1cc2c3c(c1)N(c1c(-c4ccccc4)ccc4c1OCCO4)c1ccc(C(C)(C)C)cc1B3c1cc(-c3ccc4c(c3)sc3ccccc34)ccc1N2c1cc(-c2ccc(C(C)(C)C)cc2)cc(-c2ccc(C(C)(C)C)cc2)c1. The van der Waals surface area contributed by atoms with Crippen LogP contribution in [-0.4, -0.2) is 19.9 Å². The van der Waals surface area contributed by atoms with Crippen LogP contribution in [0.4, 0.5) is 34.1 Å². The highest BCUT2D eigenvalue weighted by molar-refractivity contribution is 7.25. The molecular formula is C75H67BN2O2S. The van der Waals surface area contributed by atoms with Gasteiger partial charge in [-0.2, -0.15) is 0 Å². The molecule has 3 aliphatic heterocycles. The van der Waals surface area contributed by atoms with E-state index in [2.05, 4.69) is 279 Å². The number of hydrogen-bond donors (Lipinski definition) is 0. The smallest absolute Gasteiger partial charge is 0.252 e. The third-order valence-corrected chi connectivity index (χ3v) is 18.3. The van der Waals surface area contributed by atoms with Gasteiger partial charge in [0, 0.05) is 54.2 Å². The van der Waals surface area contributed by atoms with Gasteiger partial charge in [-0.15, -0.1) is 11.3 Å². The van der Waals surface area contributed by atoms with Crippen LogP contribution in [0.3, 0.4) is 0 Å². The maximum Gasteiger partial charge on any atom is 0.252 e. The highest BCUT2D eigenvalue weighted by Crippen LogP contribution is 2.54. The standard InChI is InChI=1S/C75H67BN2O2S/c1-46-38-65-70-66(39-46)78(71-58(49-16-12-11-13-17-49)32-35-67-72(71)80-37-36-79-67)64-34-30-56(75(8,9)10)45-62(64)76(70)61-43-50(51-24-31-60-59-18-14-15-19-68(59)81-69(60)44-51)25-33-63(61)77(65)57-41-52(47-20-26-54(27-21-47)73(2,3)4)40-53(42-57)48-22-28-55(29-23-48)74(5,6)7/h11-35,38-45H,36-37H2,1-10H3. The Morgan fingerprint density at radius 1 is 0.407 bits per heavy atom. The molecule has 0 N–H and O–H groups in total. The van der Waals surface area contributed by atoms with Crippen LogP contribution in [0, 0.1) is 6.92 Å². The molecular weight excluding hydrogens is 1000 g/mol. The first-order valence-electron chi connectivity index (χ1n) is 28.7. The van der Waals surface area contributed by atoms with Gasteiger partial charge in [-0.1, -0.05) is 196 Å². The first-order chi connectivity index (χ1) is 38.9. The molecule has 4 heterocycles. The van der Waals surface area contributed by atoms with Gasteiger partial charge in [0.25, 0.3) is 6.71 Å². The molecule has 0 aliphatic carbocycles. The number of fused-ring (bicyclic) bond motifs is 8. The van der Waals surface area contributed by atoms with Gasteiger partial charge in [0.2, 0.25) is 0 Å². The topological polar surface area (TPSA) is 24.9 Å². The number of rotatable bonds is 6. The molecule has 1 aromatic heterocycles. The molecule has 3 aliphatic rings. The van der Waals surface area contributed by atoms with E-state index in [1.807, 2.05) is 11.3 Å². The fourth-order valence-electron chi connectivity index (χ4n) is 12.8. The van der Waals surface area contributed by atoms with Gasteiger partial charge in [-0.05, 0) is 167 Å². The zero-order valence-electron chi connectivity index (χ0n) is 48.2. The largest absolute Gasteiger partial charge is 0.486 e. The normalized spacial score (nSPS) is 13.8. The first kappa shape index (κ1) is 50.9. The number of nitrogens with zero attached hydrogens (tertiary/aromatic N) is 2. The number of aryl methyl sites for hydroxylation is 1. The van der Waals surface area contributed by atoms with Crippen LogP contribution >= 0.6 is 11.3 Å². The predicted molar refractivity (Wildman–Crippen MR) is 347 cm³/mol. The molecule has 6 heteroatoms. The number of hydrogen-bond acceptors (Lipinski definition) is 5. The van der Waals surface area contributed by atoms with Crippen molar-refractivity contribution in [3.63, 3.8) is 0 Å². The molecule has 0 amide bonds. The van der Waals surface area contributed by atoms with Crippen molar-refractivity contribution < 1.29 is 9.47 Å². The summed E-state index contributed by atoms with van der Waals surface area (Å²) in [5, 5.41) is 2.61. The Morgan fingerprint density at radius 2 is 0.951 bits per heavy atom. The fraction of sp³-hybridized carbons (Fsp3) is 0.200. The molecule has 0 bridgehead atoms. The van der Waals surface area contributed by atoms with Gasteiger partial charge in [0.1, 0.15) is 18.9 Å². The van der Waals surface area contributed by atoms with E-state index in [1.165, 1.54) is 97.9 Å². The van der Waals surface area contributed by atoms with E-state index in [9.17, 15) is 0 Å². The van der Waals surface area contributed by atoms with E-state index in [0.717, 1.165) is 51.1 Å². The molecule has 4 nitrogen and oxygen atoms in total. The van der Waals surface area contributed by atoms with Crippen LogP contribution in [0.1, 0.15) is 84.6 Å². The Hall–Kier alpha value is -8.32. The van der Waals surface area contributed by atoms with Crippen molar-refractivity contribution in [1.29, 1.82) is 0 Å². The highest BCUT2D eigenvalue weighted by Gasteiger charge is 2.45. The summed E-state index contributed by atoms with van der Waals surface area (Å²) in [7, 11) is 0. The molecule has 0 fully saturated rings. The van der Waals surface area contributed by atoms with Crippen LogP contribution < -0.4 is 35.7 Å². The molecule has 398 valence electrons. The second-order valence-electron chi connectivity index (χ2n) is 25.7. The number of ether oxygens (including phenoxy) is 2. The second-order valence-corrected chi connectivity index (χ2v) is 26.8. The maximum absolute atomic E-state index is 6.85. The average molecular weight is 1070 g/mol. The monoisotopic (exact) mass is 1070 g/mol. The molecule has 0 spiro atoms. The summed E-state index contributed by atoms with van der Waals surface area (Å²) >= 11 is 1.88. The lowest BCUT2D eigenvalue weighted by Crippen LogP contribution is -2.61. The zero-order chi connectivity index (χ0) is 55.7. The minimum absolute atomic E-state index is 0.0291. The Labute approximate surface area is 482 Å². The van der Waals surface area contributed by atoms with E-state index in [4.69, 9.17) is 9.47 Å². The average Bonchev–Trinajstić information content (AvgIpc) is 4.04. The highest BCUT2D eigenvalue weighted by atomic mass is 32.1. The van der Waals surface area contributed by atoms with Gasteiger partial charge >= 0.3 is 0 Å². The van der Waals surface area contributed by atoms with Gasteiger partial charge in [0.05, 0.1) is 0 Å². The summed E-state index contributed by atoms with van der Waals surface area (Å²) in [6.07, 6.45) is 0. The summed E-state index contributed by atoms with van der Waals surface area (Å²) in [5.74, 6) is 1.52. The summed E-state index contributed by atoms with van der Waals surface area (Å²) in [6, 6.07) is 76.2. The van der Waals surface area contributed by atoms with Crippen LogP contribution in [0.15, 0.2) is 200 Å². The predicted octanol–water partition coefficient (Wildman–Crippen LogP) is 18.8. The van der Waals surface area contributed by atoms with E-state index in [0.29, 0.717) is 13.2 Å². The second kappa shape index (κ2) is 18.9. The molecule has 10 aromatic carbocycles. The molecule has 0 saturated carbocycles. The lowest BCUT2D eigenvalue weighted by atomic mass is 9.33. The molecule has 0 atom stereocenters. The quantitative estimate of drug-likeness (QED) is 0.155. The molecule has 0 saturated heterocycles. The van der Waals surface area contributed by atoms with Gasteiger partial charge in [-0.25, -0.2) is 0 Å². The summed E-state index contributed by atoms with van der Waals surface area (Å²) in [4.78, 5) is 5.11. The molecule has 11 aromatic rings. The number of benzene rings is 10. The Balaban J connectivity index is 1.07. The molecule has 0 radical (unpaired) electrons. The fourth-order valence-corrected chi connectivity index (χ4v) is 13.9. The first-order valence-corrected chi connectivity index (χ1v) is 29.6.